The van der Waals surface area contributed by atoms with E-state index in [4.69, 9.17) is 0 Å². The largest absolute Gasteiger partial charge is 0.318 e. The van der Waals surface area contributed by atoms with E-state index in [1.165, 1.54) is 25.9 Å². The van der Waals surface area contributed by atoms with Gasteiger partial charge in [-0.25, -0.2) is 0 Å². The first-order valence-corrected chi connectivity index (χ1v) is 7.04. The van der Waals surface area contributed by atoms with Crippen molar-refractivity contribution in [2.45, 2.75) is 39.7 Å². The van der Waals surface area contributed by atoms with Crippen molar-refractivity contribution in [3.63, 3.8) is 0 Å². The third-order valence-electron chi connectivity index (χ3n) is 3.01. The Morgan fingerprint density at radius 1 is 1.12 bits per heavy atom. The van der Waals surface area contributed by atoms with Crippen LogP contribution in [0.1, 0.15) is 33.6 Å². The fourth-order valence-corrected chi connectivity index (χ4v) is 2.20. The highest BCUT2D eigenvalue weighted by Gasteiger charge is 2.17. The molecule has 3 heteroatoms. The van der Waals surface area contributed by atoms with Gasteiger partial charge in [0.25, 0.3) is 0 Å². The van der Waals surface area contributed by atoms with Gasteiger partial charge < -0.3 is 10.2 Å². The van der Waals surface area contributed by atoms with Gasteiger partial charge in [-0.2, -0.15) is 0 Å². The molecule has 0 bridgehead atoms. The molecule has 0 saturated heterocycles. The molecule has 3 nitrogen and oxygen atoms in total. The van der Waals surface area contributed by atoms with Gasteiger partial charge in [0.1, 0.15) is 0 Å². The Morgan fingerprint density at radius 2 is 1.76 bits per heavy atom. The van der Waals surface area contributed by atoms with E-state index in [0.29, 0.717) is 6.04 Å². The molecular formula is C14H33N3. The summed E-state index contributed by atoms with van der Waals surface area (Å²) in [5.74, 6) is 0.744. The second kappa shape index (κ2) is 9.86. The van der Waals surface area contributed by atoms with Crippen LogP contribution in [-0.4, -0.2) is 63.2 Å². The predicted octanol–water partition coefficient (Wildman–Crippen LogP) is 1.89. The fourth-order valence-electron chi connectivity index (χ4n) is 2.20. The molecule has 0 heterocycles. The summed E-state index contributed by atoms with van der Waals surface area (Å²) in [7, 11) is 6.36. The molecular weight excluding hydrogens is 210 g/mol. The first-order chi connectivity index (χ1) is 8.01. The summed E-state index contributed by atoms with van der Waals surface area (Å²) >= 11 is 0. The maximum Gasteiger partial charge on any atom is 0.0221 e. The predicted molar refractivity (Wildman–Crippen MR) is 77.6 cm³/mol. The van der Waals surface area contributed by atoms with Gasteiger partial charge in [-0.05, 0) is 33.5 Å². The van der Waals surface area contributed by atoms with Crippen LogP contribution < -0.4 is 5.32 Å². The topological polar surface area (TPSA) is 18.5 Å². The lowest BCUT2D eigenvalue weighted by molar-refractivity contribution is 0.150. The highest BCUT2D eigenvalue weighted by molar-refractivity contribution is 4.75. The van der Waals surface area contributed by atoms with E-state index in [1.54, 1.807) is 0 Å². The zero-order valence-corrected chi connectivity index (χ0v) is 12.8. The van der Waals surface area contributed by atoms with Crippen molar-refractivity contribution in [3.05, 3.63) is 0 Å². The van der Waals surface area contributed by atoms with Gasteiger partial charge in [0, 0.05) is 32.2 Å². The molecule has 0 saturated carbocycles. The minimum absolute atomic E-state index is 0.687. The highest BCUT2D eigenvalue weighted by atomic mass is 15.2. The number of nitrogens with zero attached hydrogens (tertiary/aromatic N) is 2. The number of hydrogen-bond acceptors (Lipinski definition) is 3. The molecule has 0 aliphatic rings. The van der Waals surface area contributed by atoms with Crippen molar-refractivity contribution in [1.29, 1.82) is 0 Å². The molecule has 1 N–H and O–H groups in total. The number of likely N-dealkylation sites (N-methyl/N-ethyl adjacent to an activating group) is 2. The Hall–Kier alpha value is -0.120. The molecule has 0 aromatic carbocycles. The summed E-state index contributed by atoms with van der Waals surface area (Å²) < 4.78 is 0. The molecule has 1 unspecified atom stereocenters. The minimum atomic E-state index is 0.687. The molecule has 0 aromatic rings. The van der Waals surface area contributed by atoms with Gasteiger partial charge in [-0.1, -0.05) is 27.2 Å². The second-order valence-electron chi connectivity index (χ2n) is 5.69. The third-order valence-corrected chi connectivity index (χ3v) is 3.01. The van der Waals surface area contributed by atoms with Crippen LogP contribution in [0.4, 0.5) is 0 Å². The van der Waals surface area contributed by atoms with Crippen molar-refractivity contribution >= 4 is 0 Å². The van der Waals surface area contributed by atoms with Crippen molar-refractivity contribution in [3.8, 4) is 0 Å². The molecule has 0 aliphatic carbocycles. The van der Waals surface area contributed by atoms with Gasteiger partial charge in [-0.3, -0.25) is 4.90 Å². The van der Waals surface area contributed by atoms with Crippen LogP contribution in [0.25, 0.3) is 0 Å². The molecule has 0 aliphatic heterocycles. The lowest BCUT2D eigenvalue weighted by Crippen LogP contribution is -2.46. The summed E-state index contributed by atoms with van der Waals surface area (Å²) in [6.07, 6.45) is 2.56. The van der Waals surface area contributed by atoms with Crippen LogP contribution in [0.15, 0.2) is 0 Å². The molecule has 0 rings (SSSR count). The highest BCUT2D eigenvalue weighted by Crippen LogP contribution is 2.09. The normalized spacial score (nSPS) is 13.9. The Morgan fingerprint density at radius 3 is 2.18 bits per heavy atom. The van der Waals surface area contributed by atoms with Crippen LogP contribution >= 0.6 is 0 Å². The smallest absolute Gasteiger partial charge is 0.0221 e. The van der Waals surface area contributed by atoms with Crippen molar-refractivity contribution < 1.29 is 0 Å². The van der Waals surface area contributed by atoms with Gasteiger partial charge in [0.2, 0.25) is 0 Å². The Kier molecular flexibility index (Phi) is 9.79. The summed E-state index contributed by atoms with van der Waals surface area (Å²) in [6, 6.07) is 0.687. The van der Waals surface area contributed by atoms with Crippen molar-refractivity contribution in [1.82, 2.24) is 15.1 Å². The number of rotatable bonds is 10. The van der Waals surface area contributed by atoms with E-state index in [9.17, 15) is 0 Å². The minimum Gasteiger partial charge on any atom is -0.318 e. The Labute approximate surface area is 109 Å². The summed E-state index contributed by atoms with van der Waals surface area (Å²) in [5, 5.41) is 3.34. The average molecular weight is 243 g/mol. The fraction of sp³-hybridized carbons (Fsp3) is 1.00. The van der Waals surface area contributed by atoms with E-state index in [2.05, 4.69) is 57.0 Å². The van der Waals surface area contributed by atoms with E-state index >= 15 is 0 Å². The van der Waals surface area contributed by atoms with Crippen molar-refractivity contribution in [2.24, 2.45) is 5.92 Å². The van der Waals surface area contributed by atoms with Gasteiger partial charge in [0.15, 0.2) is 0 Å². The second-order valence-corrected chi connectivity index (χ2v) is 5.69. The molecule has 0 fully saturated rings. The van der Waals surface area contributed by atoms with E-state index in [-0.39, 0.29) is 0 Å². The third kappa shape index (κ3) is 8.58. The SMILES string of the molecule is CCCC(CNC)N(CCN(C)C)CC(C)C. The number of hydrogen-bond donors (Lipinski definition) is 1. The molecule has 0 aromatic heterocycles. The Balaban J connectivity index is 4.36. The summed E-state index contributed by atoms with van der Waals surface area (Å²) in [6.45, 7) is 11.5. The maximum absolute atomic E-state index is 3.34. The lowest BCUT2D eigenvalue weighted by atomic mass is 10.1. The molecule has 0 spiro atoms. The van der Waals surface area contributed by atoms with Gasteiger partial charge in [0.05, 0.1) is 0 Å². The maximum atomic E-state index is 3.34. The van der Waals surface area contributed by atoms with E-state index in [0.717, 1.165) is 19.0 Å². The zero-order valence-electron chi connectivity index (χ0n) is 12.8. The van der Waals surface area contributed by atoms with Gasteiger partial charge >= 0.3 is 0 Å². The lowest BCUT2D eigenvalue weighted by Gasteiger charge is -2.33. The molecule has 17 heavy (non-hydrogen) atoms. The van der Waals surface area contributed by atoms with Crippen molar-refractivity contribution in [2.75, 3.05) is 47.3 Å². The molecule has 104 valence electrons. The van der Waals surface area contributed by atoms with E-state index < -0.39 is 0 Å². The average Bonchev–Trinajstić information content (AvgIpc) is 2.23. The van der Waals surface area contributed by atoms with Crippen LogP contribution in [0.5, 0.6) is 0 Å². The first-order valence-electron chi connectivity index (χ1n) is 7.04. The standard InChI is InChI=1S/C14H33N3/c1-7-8-14(11-15-4)17(12-13(2)3)10-9-16(5)6/h13-15H,7-12H2,1-6H3. The van der Waals surface area contributed by atoms with Crippen LogP contribution in [0.2, 0.25) is 0 Å². The zero-order chi connectivity index (χ0) is 13.3. The summed E-state index contributed by atoms with van der Waals surface area (Å²) in [4.78, 5) is 4.93. The van der Waals surface area contributed by atoms with Crippen LogP contribution in [0, 0.1) is 5.92 Å². The Bertz CT molecular complexity index is 163. The van der Waals surface area contributed by atoms with Gasteiger partial charge in [-0.15, -0.1) is 0 Å². The van der Waals surface area contributed by atoms with Crippen LogP contribution in [-0.2, 0) is 0 Å². The number of nitrogens with one attached hydrogen (secondary N) is 1. The molecule has 0 amide bonds. The quantitative estimate of drug-likeness (QED) is 0.632. The molecule has 0 radical (unpaired) electrons. The monoisotopic (exact) mass is 243 g/mol. The summed E-state index contributed by atoms with van der Waals surface area (Å²) in [5.41, 5.74) is 0. The van der Waals surface area contributed by atoms with Crippen LogP contribution in [0.3, 0.4) is 0 Å². The van der Waals surface area contributed by atoms with E-state index in [1.807, 2.05) is 0 Å². The molecule has 1 atom stereocenters. The first kappa shape index (κ1) is 16.9.